The van der Waals surface area contributed by atoms with E-state index >= 15 is 0 Å². The minimum absolute atomic E-state index is 0.0334. The Bertz CT molecular complexity index is 998. The lowest BCUT2D eigenvalue weighted by Gasteiger charge is -2.12. The molecular weight excluding hydrogens is 352 g/mol. The third-order valence-corrected chi connectivity index (χ3v) is 4.62. The number of hydrogen-bond acceptors (Lipinski definition) is 4. The highest BCUT2D eigenvalue weighted by Gasteiger charge is 2.09. The van der Waals surface area contributed by atoms with Crippen LogP contribution in [0.15, 0.2) is 47.3 Å². The predicted octanol–water partition coefficient (Wildman–Crippen LogP) is 3.50. The highest BCUT2D eigenvalue weighted by molar-refractivity contribution is 6.31. The molecule has 26 heavy (non-hydrogen) atoms. The first-order chi connectivity index (χ1) is 12.5. The lowest BCUT2D eigenvalue weighted by Crippen LogP contribution is -2.25. The van der Waals surface area contributed by atoms with Crippen molar-refractivity contribution in [3.8, 4) is 11.5 Å². The lowest BCUT2D eigenvalue weighted by atomic mass is 10.1. The van der Waals surface area contributed by atoms with E-state index in [2.05, 4.69) is 5.32 Å². The van der Waals surface area contributed by atoms with Gasteiger partial charge in [0, 0.05) is 42.4 Å². The number of ether oxygens (including phenoxy) is 2. The van der Waals surface area contributed by atoms with Gasteiger partial charge in [-0.15, -0.1) is 0 Å². The molecule has 0 saturated carbocycles. The molecule has 0 bridgehead atoms. The summed E-state index contributed by atoms with van der Waals surface area (Å²) in [6.45, 7) is 1.04. The van der Waals surface area contributed by atoms with Gasteiger partial charge in [-0.3, -0.25) is 4.79 Å². The molecule has 2 aromatic carbocycles. The maximum absolute atomic E-state index is 12.6. The van der Waals surface area contributed by atoms with E-state index in [1.54, 1.807) is 31.9 Å². The van der Waals surface area contributed by atoms with E-state index in [9.17, 15) is 4.79 Å². The van der Waals surface area contributed by atoms with Crippen LogP contribution in [0.2, 0.25) is 5.02 Å². The van der Waals surface area contributed by atoms with Crippen LogP contribution in [0.25, 0.3) is 10.9 Å². The van der Waals surface area contributed by atoms with Crippen LogP contribution in [-0.4, -0.2) is 18.8 Å². The van der Waals surface area contributed by atoms with Crippen molar-refractivity contribution in [2.45, 2.75) is 13.1 Å². The SMILES string of the molecule is COc1ccc(CNCc2cc3ccc(Cl)cc3n(C)c2=O)c(OC)c1. The second-order valence-corrected chi connectivity index (χ2v) is 6.45. The third kappa shape index (κ3) is 3.69. The molecule has 5 nitrogen and oxygen atoms in total. The molecule has 0 aliphatic rings. The third-order valence-electron chi connectivity index (χ3n) is 4.39. The number of fused-ring (bicyclic) bond motifs is 1. The van der Waals surface area contributed by atoms with Crippen LogP contribution in [0.3, 0.4) is 0 Å². The predicted molar refractivity (Wildman–Crippen MR) is 104 cm³/mol. The molecule has 3 rings (SSSR count). The number of aryl methyl sites for hydroxylation is 1. The van der Waals surface area contributed by atoms with Crippen molar-refractivity contribution in [1.29, 1.82) is 0 Å². The molecule has 0 aliphatic carbocycles. The number of halogens is 1. The normalized spacial score (nSPS) is 10.9. The van der Waals surface area contributed by atoms with Gasteiger partial charge in [-0.2, -0.15) is 0 Å². The van der Waals surface area contributed by atoms with Crippen LogP contribution in [0.4, 0.5) is 0 Å². The minimum atomic E-state index is -0.0334. The first-order valence-corrected chi connectivity index (χ1v) is 8.61. The van der Waals surface area contributed by atoms with Crippen LogP contribution >= 0.6 is 11.6 Å². The van der Waals surface area contributed by atoms with Gasteiger partial charge in [-0.1, -0.05) is 23.7 Å². The van der Waals surface area contributed by atoms with Gasteiger partial charge in [-0.25, -0.2) is 0 Å². The minimum Gasteiger partial charge on any atom is -0.497 e. The fourth-order valence-corrected chi connectivity index (χ4v) is 3.13. The van der Waals surface area contributed by atoms with Crippen molar-refractivity contribution in [1.82, 2.24) is 9.88 Å². The summed E-state index contributed by atoms with van der Waals surface area (Å²) in [5, 5.41) is 4.91. The summed E-state index contributed by atoms with van der Waals surface area (Å²) < 4.78 is 12.2. The number of pyridine rings is 1. The number of nitrogens with zero attached hydrogens (tertiary/aromatic N) is 1. The molecule has 0 aliphatic heterocycles. The van der Waals surface area contributed by atoms with Crippen LogP contribution in [0, 0.1) is 0 Å². The highest BCUT2D eigenvalue weighted by atomic mass is 35.5. The molecule has 0 saturated heterocycles. The van der Waals surface area contributed by atoms with E-state index in [0.29, 0.717) is 23.7 Å². The Morgan fingerprint density at radius 2 is 1.77 bits per heavy atom. The molecule has 0 unspecified atom stereocenters. The van der Waals surface area contributed by atoms with Crippen molar-refractivity contribution in [2.24, 2.45) is 7.05 Å². The Morgan fingerprint density at radius 3 is 2.50 bits per heavy atom. The Hall–Kier alpha value is -2.50. The number of methoxy groups -OCH3 is 2. The largest absolute Gasteiger partial charge is 0.497 e. The molecule has 136 valence electrons. The van der Waals surface area contributed by atoms with Crippen LogP contribution in [-0.2, 0) is 20.1 Å². The van der Waals surface area contributed by atoms with Crippen LogP contribution < -0.4 is 20.3 Å². The monoisotopic (exact) mass is 372 g/mol. The second kappa shape index (κ2) is 7.81. The molecule has 0 radical (unpaired) electrons. The fourth-order valence-electron chi connectivity index (χ4n) is 2.96. The van der Waals surface area contributed by atoms with Gasteiger partial charge in [0.15, 0.2) is 0 Å². The maximum Gasteiger partial charge on any atom is 0.255 e. The number of benzene rings is 2. The molecule has 0 amide bonds. The summed E-state index contributed by atoms with van der Waals surface area (Å²) >= 11 is 6.04. The fraction of sp³-hybridized carbons (Fsp3) is 0.250. The Labute approximate surface area is 157 Å². The highest BCUT2D eigenvalue weighted by Crippen LogP contribution is 2.24. The molecule has 0 spiro atoms. The van der Waals surface area contributed by atoms with Gasteiger partial charge in [0.05, 0.1) is 19.7 Å². The number of hydrogen-bond donors (Lipinski definition) is 1. The van der Waals surface area contributed by atoms with Gasteiger partial charge in [-0.05, 0) is 29.7 Å². The summed E-state index contributed by atoms with van der Waals surface area (Å²) in [6.07, 6.45) is 0. The zero-order valence-electron chi connectivity index (χ0n) is 15.0. The quantitative estimate of drug-likeness (QED) is 0.719. The van der Waals surface area contributed by atoms with Gasteiger partial charge in [0.25, 0.3) is 5.56 Å². The van der Waals surface area contributed by atoms with E-state index in [1.807, 2.05) is 36.4 Å². The summed E-state index contributed by atoms with van der Waals surface area (Å²) in [4.78, 5) is 12.6. The van der Waals surface area contributed by atoms with E-state index < -0.39 is 0 Å². The summed E-state index contributed by atoms with van der Waals surface area (Å²) in [5.41, 5.74) is 2.49. The van der Waals surface area contributed by atoms with Crippen molar-refractivity contribution in [3.63, 3.8) is 0 Å². The summed E-state index contributed by atoms with van der Waals surface area (Å²) in [5.74, 6) is 1.49. The topological polar surface area (TPSA) is 52.5 Å². The zero-order chi connectivity index (χ0) is 18.7. The smallest absolute Gasteiger partial charge is 0.255 e. The lowest BCUT2D eigenvalue weighted by molar-refractivity contribution is 0.389. The van der Waals surface area contributed by atoms with Crippen molar-refractivity contribution in [3.05, 3.63) is 69.0 Å². The number of aromatic nitrogens is 1. The standard InChI is InChI=1S/C20H21ClN2O3/c1-23-18-9-16(21)6-4-13(18)8-15(20(23)24)12-22-11-14-5-7-17(25-2)10-19(14)26-3/h4-10,22H,11-12H2,1-3H3. The maximum atomic E-state index is 12.6. The number of rotatable bonds is 6. The van der Waals surface area contributed by atoms with Crippen molar-refractivity contribution < 1.29 is 9.47 Å². The second-order valence-electron chi connectivity index (χ2n) is 6.02. The van der Waals surface area contributed by atoms with E-state index in [1.165, 1.54) is 0 Å². The Morgan fingerprint density at radius 1 is 1.00 bits per heavy atom. The molecule has 1 N–H and O–H groups in total. The molecule has 0 fully saturated rings. The average Bonchev–Trinajstić information content (AvgIpc) is 2.66. The molecule has 3 aromatic rings. The Balaban J connectivity index is 1.79. The van der Waals surface area contributed by atoms with Gasteiger partial charge >= 0.3 is 0 Å². The first kappa shape index (κ1) is 18.3. The molecule has 1 heterocycles. The molecular formula is C20H21ClN2O3. The average molecular weight is 373 g/mol. The Kier molecular flexibility index (Phi) is 5.49. The summed E-state index contributed by atoms with van der Waals surface area (Å²) in [7, 11) is 5.01. The zero-order valence-corrected chi connectivity index (χ0v) is 15.8. The molecule has 0 atom stereocenters. The van der Waals surface area contributed by atoms with Crippen molar-refractivity contribution >= 4 is 22.5 Å². The van der Waals surface area contributed by atoms with Gasteiger partial charge in [0.1, 0.15) is 11.5 Å². The first-order valence-electron chi connectivity index (χ1n) is 8.23. The summed E-state index contributed by atoms with van der Waals surface area (Å²) in [6, 6.07) is 13.1. The van der Waals surface area contributed by atoms with Crippen molar-refractivity contribution in [2.75, 3.05) is 14.2 Å². The van der Waals surface area contributed by atoms with E-state index in [-0.39, 0.29) is 5.56 Å². The number of nitrogens with one attached hydrogen (secondary N) is 1. The molecule has 6 heteroatoms. The van der Waals surface area contributed by atoms with E-state index in [0.717, 1.165) is 28.0 Å². The van der Waals surface area contributed by atoms with Crippen LogP contribution in [0.5, 0.6) is 11.5 Å². The van der Waals surface area contributed by atoms with E-state index in [4.69, 9.17) is 21.1 Å². The van der Waals surface area contributed by atoms with Gasteiger partial charge in [0.2, 0.25) is 0 Å². The van der Waals surface area contributed by atoms with Gasteiger partial charge < -0.3 is 19.4 Å². The molecule has 1 aromatic heterocycles. The van der Waals surface area contributed by atoms with Crippen LogP contribution in [0.1, 0.15) is 11.1 Å².